The number of nitrogens with zero attached hydrogens (tertiary/aromatic N) is 1. The largest absolute Gasteiger partial charge is 0.460 e. The second kappa shape index (κ2) is 14.3. The van der Waals surface area contributed by atoms with Crippen molar-refractivity contribution in [1.29, 1.82) is 0 Å². The number of alkyl carbamates (subject to hydrolysis) is 1. The smallest absolute Gasteiger partial charge is 0.413 e. The van der Waals surface area contributed by atoms with Crippen molar-refractivity contribution in [3.8, 4) is 0 Å². The summed E-state index contributed by atoms with van der Waals surface area (Å²) in [6.45, 7) is 8.54. The predicted molar refractivity (Wildman–Crippen MR) is 157 cm³/mol. The van der Waals surface area contributed by atoms with Crippen molar-refractivity contribution in [2.45, 2.75) is 77.0 Å². The van der Waals surface area contributed by atoms with E-state index in [4.69, 9.17) is 18.9 Å². The van der Waals surface area contributed by atoms with Crippen LogP contribution in [-0.2, 0) is 25.6 Å². The fourth-order valence-corrected chi connectivity index (χ4v) is 4.43. The molecule has 1 aliphatic heterocycles. The van der Waals surface area contributed by atoms with Gasteiger partial charge in [0.15, 0.2) is 0 Å². The van der Waals surface area contributed by atoms with Crippen molar-refractivity contribution in [2.75, 3.05) is 19.8 Å². The molecule has 228 valence electrons. The third-order valence-corrected chi connectivity index (χ3v) is 6.63. The summed E-state index contributed by atoms with van der Waals surface area (Å²) >= 11 is 0. The van der Waals surface area contributed by atoms with Crippen LogP contribution < -0.4 is 5.32 Å². The van der Waals surface area contributed by atoms with Crippen LogP contribution in [0.3, 0.4) is 0 Å². The van der Waals surface area contributed by atoms with E-state index in [1.807, 2.05) is 42.5 Å². The molecule has 2 atom stereocenters. The van der Waals surface area contributed by atoms with Crippen molar-refractivity contribution >= 4 is 18.2 Å². The topological polar surface area (TPSA) is 124 Å². The maximum Gasteiger partial charge on any atom is 0.413 e. The summed E-state index contributed by atoms with van der Waals surface area (Å²) in [7, 11) is 0. The van der Waals surface area contributed by atoms with Gasteiger partial charge in [-0.3, -0.25) is 4.90 Å². The Hall–Kier alpha value is -3.89. The fraction of sp³-hybridized carbons (Fsp3) is 0.469. The molecule has 2 amide bonds. The Balaban J connectivity index is 1.69. The molecule has 0 unspecified atom stereocenters. The van der Waals surface area contributed by atoms with E-state index in [-0.39, 0.29) is 32.3 Å². The lowest BCUT2D eigenvalue weighted by Gasteiger charge is -2.34. The van der Waals surface area contributed by atoms with Gasteiger partial charge in [-0.05, 0) is 65.2 Å². The van der Waals surface area contributed by atoms with Gasteiger partial charge in [-0.1, -0.05) is 60.7 Å². The van der Waals surface area contributed by atoms with Gasteiger partial charge in [-0.15, -0.1) is 0 Å². The third kappa shape index (κ3) is 9.60. The molecule has 0 saturated carbocycles. The van der Waals surface area contributed by atoms with Crippen molar-refractivity contribution in [2.24, 2.45) is 0 Å². The van der Waals surface area contributed by atoms with E-state index < -0.39 is 41.6 Å². The molecule has 0 radical (unpaired) electrons. The molecular formula is C32H42N2O8. The first-order chi connectivity index (χ1) is 19.8. The average Bonchev–Trinajstić information content (AvgIpc) is 3.26. The fourth-order valence-electron chi connectivity index (χ4n) is 4.43. The summed E-state index contributed by atoms with van der Waals surface area (Å²) in [5.74, 6) is -0.582. The first-order valence-corrected chi connectivity index (χ1v) is 14.0. The Morgan fingerprint density at radius 2 is 1.69 bits per heavy atom. The van der Waals surface area contributed by atoms with Crippen LogP contribution in [0.4, 0.5) is 9.59 Å². The van der Waals surface area contributed by atoms with Crippen LogP contribution >= 0.6 is 0 Å². The number of benzene rings is 2. The van der Waals surface area contributed by atoms with Gasteiger partial charge < -0.3 is 29.4 Å². The first kappa shape index (κ1) is 32.6. The molecule has 10 nitrogen and oxygen atoms in total. The van der Waals surface area contributed by atoms with Gasteiger partial charge in [-0.2, -0.15) is 0 Å². The Morgan fingerprint density at radius 3 is 2.31 bits per heavy atom. The maximum atomic E-state index is 12.9. The zero-order chi connectivity index (χ0) is 30.8. The lowest BCUT2D eigenvalue weighted by Crippen LogP contribution is -2.55. The van der Waals surface area contributed by atoms with E-state index >= 15 is 0 Å². The highest BCUT2D eigenvalue weighted by atomic mass is 16.6. The number of aliphatic hydroxyl groups excluding tert-OH is 1. The van der Waals surface area contributed by atoms with Crippen LogP contribution in [0.5, 0.6) is 0 Å². The highest BCUT2D eigenvalue weighted by Crippen LogP contribution is 2.30. The molecule has 0 bridgehead atoms. The summed E-state index contributed by atoms with van der Waals surface area (Å²) < 4.78 is 22.3. The molecule has 2 N–H and O–H groups in total. The normalized spacial score (nSPS) is 17.9. The Morgan fingerprint density at radius 1 is 1.05 bits per heavy atom. The van der Waals surface area contributed by atoms with Crippen LogP contribution in [0.25, 0.3) is 0 Å². The number of rotatable bonds is 11. The molecule has 3 rings (SSSR count). The summed E-state index contributed by atoms with van der Waals surface area (Å²) in [5, 5.41) is 13.1. The molecular weight excluding hydrogens is 540 g/mol. The Kier molecular flexibility index (Phi) is 11.1. The standard InChI is InChI=1S/C32H42N2O8/c1-30(2,3)42-29(38)34-26(21-41-31(34,4)5)18-12-13-19-32(22-35,23-40-27(36)25-16-10-7-11-17-25)33-28(37)39-20-24-14-8-6-9-15-24/h6-12,14-18,26,35H,13,19-23H2,1-5H3,(H,33,37)/b18-12-/t26-,32+/m0/s1. The van der Waals surface area contributed by atoms with E-state index in [0.717, 1.165) is 5.56 Å². The number of carbonyl (C=O) groups is 3. The van der Waals surface area contributed by atoms with Gasteiger partial charge in [0.1, 0.15) is 30.1 Å². The molecule has 42 heavy (non-hydrogen) atoms. The summed E-state index contributed by atoms with van der Waals surface area (Å²) in [6.07, 6.45) is 3.03. The van der Waals surface area contributed by atoms with Crippen LogP contribution in [-0.4, -0.2) is 70.9 Å². The van der Waals surface area contributed by atoms with Crippen LogP contribution in [0.15, 0.2) is 72.8 Å². The lowest BCUT2D eigenvalue weighted by molar-refractivity contribution is -0.0610. The molecule has 2 aromatic rings. The van der Waals surface area contributed by atoms with Crippen LogP contribution in [0.1, 0.15) is 63.4 Å². The number of ether oxygens (including phenoxy) is 4. The van der Waals surface area contributed by atoms with E-state index in [1.165, 1.54) is 0 Å². The van der Waals surface area contributed by atoms with Crippen molar-refractivity contribution < 1.29 is 38.4 Å². The SMILES string of the molecule is CC(C)(C)OC(=O)N1[C@@H](/C=C\CC[C@@](CO)(COC(=O)c2ccccc2)NC(=O)OCc2ccccc2)COC1(C)C. The molecule has 0 aliphatic carbocycles. The number of esters is 1. The maximum absolute atomic E-state index is 12.9. The predicted octanol–water partition coefficient (Wildman–Crippen LogP) is 5.21. The number of carbonyl (C=O) groups excluding carboxylic acids is 3. The number of hydrogen-bond acceptors (Lipinski definition) is 8. The quantitative estimate of drug-likeness (QED) is 0.210. The Bertz CT molecular complexity index is 1210. The van der Waals surface area contributed by atoms with E-state index in [1.54, 1.807) is 69.9 Å². The summed E-state index contributed by atoms with van der Waals surface area (Å²) in [4.78, 5) is 39.9. The van der Waals surface area contributed by atoms with E-state index in [2.05, 4.69) is 5.32 Å². The van der Waals surface area contributed by atoms with Crippen molar-refractivity contribution in [3.05, 3.63) is 83.9 Å². The van der Waals surface area contributed by atoms with Gasteiger partial charge in [0, 0.05) is 0 Å². The number of nitrogens with one attached hydrogen (secondary N) is 1. The van der Waals surface area contributed by atoms with Crippen molar-refractivity contribution in [3.63, 3.8) is 0 Å². The molecule has 0 aromatic heterocycles. The number of allylic oxidation sites excluding steroid dienone is 1. The van der Waals surface area contributed by atoms with Gasteiger partial charge in [0.05, 0.1) is 24.8 Å². The zero-order valence-electron chi connectivity index (χ0n) is 25.0. The van der Waals surface area contributed by atoms with E-state index in [9.17, 15) is 19.5 Å². The summed E-state index contributed by atoms with van der Waals surface area (Å²) in [6, 6.07) is 17.3. The monoisotopic (exact) mass is 582 g/mol. The second-order valence-electron chi connectivity index (χ2n) is 11.7. The molecule has 10 heteroatoms. The van der Waals surface area contributed by atoms with Gasteiger partial charge in [0.2, 0.25) is 0 Å². The van der Waals surface area contributed by atoms with E-state index in [0.29, 0.717) is 12.0 Å². The van der Waals surface area contributed by atoms with Crippen LogP contribution in [0, 0.1) is 0 Å². The minimum absolute atomic E-state index is 0.0376. The number of aliphatic hydroxyl groups is 1. The van der Waals surface area contributed by atoms with Crippen LogP contribution in [0.2, 0.25) is 0 Å². The Labute approximate surface area is 247 Å². The average molecular weight is 583 g/mol. The highest BCUT2D eigenvalue weighted by Gasteiger charge is 2.44. The molecule has 2 aromatic carbocycles. The number of amides is 2. The molecule has 1 heterocycles. The third-order valence-electron chi connectivity index (χ3n) is 6.63. The first-order valence-electron chi connectivity index (χ1n) is 14.0. The molecule has 1 fully saturated rings. The minimum Gasteiger partial charge on any atom is -0.460 e. The van der Waals surface area contributed by atoms with Gasteiger partial charge >= 0.3 is 18.2 Å². The molecule has 1 saturated heterocycles. The molecule has 0 spiro atoms. The van der Waals surface area contributed by atoms with Gasteiger partial charge in [0.25, 0.3) is 0 Å². The lowest BCUT2D eigenvalue weighted by atomic mass is 9.95. The zero-order valence-corrected chi connectivity index (χ0v) is 25.0. The summed E-state index contributed by atoms with van der Waals surface area (Å²) in [5.41, 5.74) is -1.69. The molecule has 1 aliphatic rings. The second-order valence-corrected chi connectivity index (χ2v) is 11.7. The minimum atomic E-state index is -1.32. The van der Waals surface area contributed by atoms with Gasteiger partial charge in [-0.25, -0.2) is 14.4 Å². The number of hydrogen-bond donors (Lipinski definition) is 2. The highest BCUT2D eigenvalue weighted by molar-refractivity contribution is 5.89. The van der Waals surface area contributed by atoms with Crippen molar-refractivity contribution in [1.82, 2.24) is 10.2 Å².